The van der Waals surface area contributed by atoms with Crippen LogP contribution in [0.2, 0.25) is 10.0 Å². The molecule has 2 aromatic carbocycles. The summed E-state index contributed by atoms with van der Waals surface area (Å²) in [4.78, 5) is 20.6. The van der Waals surface area contributed by atoms with E-state index in [1.54, 1.807) is 35.9 Å². The molecule has 2 saturated heterocycles. The lowest BCUT2D eigenvalue weighted by Crippen LogP contribution is -2.47. The van der Waals surface area contributed by atoms with Gasteiger partial charge >= 0.3 is 0 Å². The summed E-state index contributed by atoms with van der Waals surface area (Å²) in [7, 11) is 1.74. The first kappa shape index (κ1) is 23.5. The molecule has 0 aromatic heterocycles. The fourth-order valence-electron chi connectivity index (χ4n) is 4.02. The molecule has 0 atom stereocenters. The van der Waals surface area contributed by atoms with E-state index in [9.17, 15) is 4.79 Å². The summed E-state index contributed by atoms with van der Waals surface area (Å²) in [6, 6.07) is 13.7. The van der Waals surface area contributed by atoms with Gasteiger partial charge in [-0.3, -0.25) is 9.69 Å². The normalized spacial score (nSPS) is 19.1. The Hall–Kier alpha value is -1.70. The molecule has 1 amide bonds. The van der Waals surface area contributed by atoms with E-state index in [1.807, 2.05) is 18.2 Å². The number of thioether (sulfide) groups is 1. The summed E-state index contributed by atoms with van der Waals surface area (Å²) < 4.78 is 5.21. The molecule has 0 N–H and O–H groups in total. The number of piperazine rings is 1. The fourth-order valence-corrected chi connectivity index (χ4v) is 5.25. The third kappa shape index (κ3) is 5.43. The van der Waals surface area contributed by atoms with E-state index in [2.05, 4.69) is 28.0 Å². The SMILES string of the molecule is COCCN1CCN(c2ccccc2C=C2SCCN(c3ccc(Cl)c(Cl)c3)C2=O)CC1. The van der Waals surface area contributed by atoms with E-state index in [-0.39, 0.29) is 5.91 Å². The van der Waals surface area contributed by atoms with E-state index in [0.29, 0.717) is 16.6 Å². The summed E-state index contributed by atoms with van der Waals surface area (Å²) in [5, 5.41) is 0.942. The van der Waals surface area contributed by atoms with Crippen molar-refractivity contribution in [1.82, 2.24) is 4.90 Å². The van der Waals surface area contributed by atoms with Crippen LogP contribution in [-0.4, -0.2) is 69.5 Å². The van der Waals surface area contributed by atoms with Crippen molar-refractivity contribution in [2.24, 2.45) is 0 Å². The van der Waals surface area contributed by atoms with Crippen molar-refractivity contribution in [1.29, 1.82) is 0 Å². The van der Waals surface area contributed by atoms with Gasteiger partial charge in [-0.1, -0.05) is 41.4 Å². The molecule has 0 spiro atoms. The molecule has 2 aliphatic rings. The van der Waals surface area contributed by atoms with Crippen LogP contribution in [0, 0.1) is 0 Å². The number of ether oxygens (including phenoxy) is 1. The third-order valence-corrected chi connectivity index (χ3v) is 7.52. The topological polar surface area (TPSA) is 36.0 Å². The highest BCUT2D eigenvalue weighted by Crippen LogP contribution is 2.34. The molecule has 2 aliphatic heterocycles. The van der Waals surface area contributed by atoms with Crippen LogP contribution in [0.5, 0.6) is 0 Å². The Kier molecular flexibility index (Phi) is 8.02. The number of carbonyl (C=O) groups excluding carboxylic acids is 1. The standard InChI is InChI=1S/C24H27Cl2N3O2S/c1-31-14-12-27-8-10-28(11-9-27)22-5-3-2-4-18(22)16-23-24(30)29(13-15-32-23)19-6-7-20(25)21(26)17-19/h2-7,16-17H,8-15H2,1H3. The van der Waals surface area contributed by atoms with E-state index in [4.69, 9.17) is 27.9 Å². The number of para-hydroxylation sites is 1. The molecule has 2 heterocycles. The lowest BCUT2D eigenvalue weighted by atomic mass is 10.1. The van der Waals surface area contributed by atoms with Crippen molar-refractivity contribution in [2.75, 3.05) is 68.5 Å². The van der Waals surface area contributed by atoms with Gasteiger partial charge in [-0.15, -0.1) is 11.8 Å². The molecule has 5 nitrogen and oxygen atoms in total. The number of carbonyl (C=O) groups is 1. The number of anilines is 2. The maximum atomic E-state index is 13.3. The number of nitrogens with zero attached hydrogens (tertiary/aromatic N) is 3. The summed E-state index contributed by atoms with van der Waals surface area (Å²) in [5.41, 5.74) is 3.02. The Morgan fingerprint density at radius 2 is 1.81 bits per heavy atom. The van der Waals surface area contributed by atoms with Gasteiger partial charge in [-0.05, 0) is 35.9 Å². The predicted octanol–water partition coefficient (Wildman–Crippen LogP) is 4.88. The Morgan fingerprint density at radius 1 is 1.03 bits per heavy atom. The maximum absolute atomic E-state index is 13.3. The minimum absolute atomic E-state index is 0.00109. The van der Waals surface area contributed by atoms with Gasteiger partial charge in [0, 0.05) is 63.5 Å². The van der Waals surface area contributed by atoms with Crippen LogP contribution in [0.25, 0.3) is 6.08 Å². The molecule has 170 valence electrons. The number of rotatable bonds is 6. The van der Waals surface area contributed by atoms with Crippen LogP contribution < -0.4 is 9.80 Å². The van der Waals surface area contributed by atoms with E-state index in [0.717, 1.165) is 61.2 Å². The Balaban J connectivity index is 1.52. The van der Waals surface area contributed by atoms with Crippen LogP contribution in [0.3, 0.4) is 0 Å². The van der Waals surface area contributed by atoms with Crippen molar-refractivity contribution in [3.63, 3.8) is 0 Å². The summed E-state index contributed by atoms with van der Waals surface area (Å²) in [6.45, 7) is 6.30. The molecule has 4 rings (SSSR count). The highest BCUT2D eigenvalue weighted by Gasteiger charge is 2.26. The average Bonchev–Trinajstić information content (AvgIpc) is 2.82. The minimum atomic E-state index is -0.00109. The lowest BCUT2D eigenvalue weighted by Gasteiger charge is -2.36. The lowest BCUT2D eigenvalue weighted by molar-refractivity contribution is -0.114. The second-order valence-corrected chi connectivity index (χ2v) is 9.74. The van der Waals surface area contributed by atoms with Gasteiger partial charge in [0.25, 0.3) is 5.91 Å². The highest BCUT2D eigenvalue weighted by atomic mass is 35.5. The van der Waals surface area contributed by atoms with E-state index >= 15 is 0 Å². The second-order valence-electron chi connectivity index (χ2n) is 7.79. The summed E-state index contributed by atoms with van der Waals surface area (Å²) >= 11 is 13.8. The Bertz CT molecular complexity index is 993. The highest BCUT2D eigenvalue weighted by molar-refractivity contribution is 8.04. The Labute approximate surface area is 203 Å². The summed E-state index contributed by atoms with van der Waals surface area (Å²) in [6.07, 6.45) is 2.03. The van der Waals surface area contributed by atoms with Gasteiger partial charge in [0.2, 0.25) is 0 Å². The quantitative estimate of drug-likeness (QED) is 0.538. The maximum Gasteiger partial charge on any atom is 0.264 e. The van der Waals surface area contributed by atoms with Gasteiger partial charge in [-0.25, -0.2) is 0 Å². The van der Waals surface area contributed by atoms with Gasteiger partial charge in [0.1, 0.15) is 0 Å². The smallest absolute Gasteiger partial charge is 0.264 e. The minimum Gasteiger partial charge on any atom is -0.383 e. The first-order chi connectivity index (χ1) is 15.6. The molecule has 0 bridgehead atoms. The third-order valence-electron chi connectivity index (χ3n) is 5.79. The number of hydrogen-bond acceptors (Lipinski definition) is 5. The average molecular weight is 492 g/mol. The zero-order valence-electron chi connectivity index (χ0n) is 18.1. The van der Waals surface area contributed by atoms with Crippen LogP contribution in [0.4, 0.5) is 11.4 Å². The number of hydrogen-bond donors (Lipinski definition) is 0. The molecular formula is C24H27Cl2N3O2S. The molecule has 0 saturated carbocycles. The zero-order valence-corrected chi connectivity index (χ0v) is 20.4. The van der Waals surface area contributed by atoms with Gasteiger partial charge in [0.05, 0.1) is 21.6 Å². The van der Waals surface area contributed by atoms with Crippen molar-refractivity contribution in [3.8, 4) is 0 Å². The molecule has 2 fully saturated rings. The van der Waals surface area contributed by atoms with Crippen molar-refractivity contribution < 1.29 is 9.53 Å². The summed E-state index contributed by atoms with van der Waals surface area (Å²) in [5.74, 6) is 0.830. The van der Waals surface area contributed by atoms with Gasteiger partial charge in [0.15, 0.2) is 0 Å². The van der Waals surface area contributed by atoms with Crippen LogP contribution in [-0.2, 0) is 9.53 Å². The molecule has 0 unspecified atom stereocenters. The van der Waals surface area contributed by atoms with Crippen molar-refractivity contribution >= 4 is 58.3 Å². The fraction of sp³-hybridized carbons (Fsp3) is 0.375. The monoisotopic (exact) mass is 491 g/mol. The molecule has 0 aliphatic carbocycles. The largest absolute Gasteiger partial charge is 0.383 e. The first-order valence-electron chi connectivity index (χ1n) is 10.7. The zero-order chi connectivity index (χ0) is 22.5. The second kappa shape index (κ2) is 10.9. The number of benzene rings is 2. The van der Waals surface area contributed by atoms with Crippen LogP contribution in [0.15, 0.2) is 47.4 Å². The van der Waals surface area contributed by atoms with Crippen LogP contribution >= 0.6 is 35.0 Å². The van der Waals surface area contributed by atoms with Gasteiger partial charge in [-0.2, -0.15) is 0 Å². The Morgan fingerprint density at radius 3 is 2.56 bits per heavy atom. The van der Waals surface area contributed by atoms with E-state index < -0.39 is 0 Å². The molecule has 32 heavy (non-hydrogen) atoms. The van der Waals surface area contributed by atoms with Crippen LogP contribution in [0.1, 0.15) is 5.56 Å². The van der Waals surface area contributed by atoms with Gasteiger partial charge < -0.3 is 14.5 Å². The van der Waals surface area contributed by atoms with Crippen molar-refractivity contribution in [3.05, 3.63) is 63.0 Å². The number of halogens is 2. The van der Waals surface area contributed by atoms with E-state index in [1.165, 1.54) is 5.69 Å². The number of amides is 1. The molecule has 8 heteroatoms. The molecule has 2 aromatic rings. The van der Waals surface area contributed by atoms with Crippen molar-refractivity contribution in [2.45, 2.75) is 0 Å². The predicted molar refractivity (Wildman–Crippen MR) is 136 cm³/mol. The number of methoxy groups -OCH3 is 1. The molecule has 0 radical (unpaired) electrons. The first-order valence-corrected chi connectivity index (χ1v) is 12.5. The molecular weight excluding hydrogens is 465 g/mol.